The van der Waals surface area contributed by atoms with Crippen LogP contribution in [0, 0.1) is 5.92 Å². The average molecular weight is 520 g/mol. The zero-order chi connectivity index (χ0) is 26.9. The molecule has 0 aliphatic carbocycles. The first-order valence-electron chi connectivity index (χ1n) is 11.4. The van der Waals surface area contributed by atoms with Crippen molar-refractivity contribution in [2.75, 3.05) is 38.4 Å². The van der Waals surface area contributed by atoms with Crippen LogP contribution in [0.5, 0.6) is 5.75 Å². The van der Waals surface area contributed by atoms with E-state index >= 15 is 0 Å². The van der Waals surface area contributed by atoms with Gasteiger partial charge in [0.05, 0.1) is 43.3 Å². The van der Waals surface area contributed by atoms with Crippen LogP contribution in [0.4, 0.5) is 11.4 Å². The highest BCUT2D eigenvalue weighted by Gasteiger charge is 2.31. The summed E-state index contributed by atoms with van der Waals surface area (Å²) >= 11 is 0. The number of para-hydroxylation sites is 1. The lowest BCUT2D eigenvalue weighted by Gasteiger charge is -2.29. The second kappa shape index (κ2) is 12.8. The van der Waals surface area contributed by atoms with E-state index in [4.69, 9.17) is 19.9 Å². The van der Waals surface area contributed by atoms with Crippen LogP contribution in [-0.2, 0) is 24.3 Å². The SMILES string of the molecule is CCC(C)COC(=O)c1ccc(OC)c(N)c1.CCOC(=O)/C=C1/Nc2ccccc2S(=O)(=O)N1C. The van der Waals surface area contributed by atoms with E-state index in [1.165, 1.54) is 20.2 Å². The number of ether oxygens (including phenoxy) is 3. The maximum Gasteiger partial charge on any atom is 0.338 e. The molecule has 0 saturated carbocycles. The highest BCUT2D eigenvalue weighted by molar-refractivity contribution is 7.89. The minimum Gasteiger partial charge on any atom is -0.495 e. The van der Waals surface area contributed by atoms with Gasteiger partial charge in [-0.25, -0.2) is 18.0 Å². The molecule has 1 heterocycles. The molecule has 11 heteroatoms. The largest absolute Gasteiger partial charge is 0.495 e. The number of sulfonamides is 1. The second-order valence-corrected chi connectivity index (χ2v) is 9.88. The van der Waals surface area contributed by atoms with E-state index in [0.717, 1.165) is 16.8 Å². The van der Waals surface area contributed by atoms with Crippen molar-refractivity contribution in [3.63, 3.8) is 0 Å². The van der Waals surface area contributed by atoms with Gasteiger partial charge in [0.1, 0.15) is 16.5 Å². The Morgan fingerprint density at radius 3 is 2.44 bits per heavy atom. The molecule has 3 N–H and O–H groups in total. The molecule has 0 saturated heterocycles. The molecule has 196 valence electrons. The Hall–Kier alpha value is -3.73. The summed E-state index contributed by atoms with van der Waals surface area (Å²) in [5.74, 6) is 0.154. The van der Waals surface area contributed by atoms with Crippen LogP contribution >= 0.6 is 0 Å². The molecule has 0 spiro atoms. The number of hydrogen-bond donors (Lipinski definition) is 2. The summed E-state index contributed by atoms with van der Waals surface area (Å²) in [4.78, 5) is 23.3. The molecule has 1 atom stereocenters. The maximum absolute atomic E-state index is 12.2. The summed E-state index contributed by atoms with van der Waals surface area (Å²) in [6.07, 6.45) is 2.11. The Labute approximate surface area is 212 Å². The van der Waals surface area contributed by atoms with Crippen LogP contribution in [0.25, 0.3) is 0 Å². The molecule has 0 radical (unpaired) electrons. The fraction of sp³-hybridized carbons (Fsp3) is 0.360. The summed E-state index contributed by atoms with van der Waals surface area (Å²) in [6.45, 7) is 6.44. The number of anilines is 2. The summed E-state index contributed by atoms with van der Waals surface area (Å²) in [5, 5.41) is 2.90. The van der Waals surface area contributed by atoms with E-state index < -0.39 is 16.0 Å². The van der Waals surface area contributed by atoms with Crippen molar-refractivity contribution in [1.29, 1.82) is 0 Å². The van der Waals surface area contributed by atoms with Gasteiger partial charge in [0, 0.05) is 7.05 Å². The van der Waals surface area contributed by atoms with E-state index in [-0.39, 0.29) is 23.3 Å². The topological polar surface area (TPSA) is 137 Å². The van der Waals surface area contributed by atoms with Crippen LogP contribution in [0.15, 0.2) is 59.3 Å². The molecule has 1 aliphatic rings. The van der Waals surface area contributed by atoms with Crippen LogP contribution in [0.3, 0.4) is 0 Å². The Kier molecular flexibility index (Phi) is 10.2. The van der Waals surface area contributed by atoms with Gasteiger partial charge in [0.25, 0.3) is 10.0 Å². The molecule has 0 aromatic heterocycles. The summed E-state index contributed by atoms with van der Waals surface area (Å²) in [7, 11) is -0.723. The lowest BCUT2D eigenvalue weighted by molar-refractivity contribution is -0.137. The minimum atomic E-state index is -3.64. The number of nitrogen functional groups attached to an aromatic ring is 1. The Bertz CT molecular complexity index is 1210. The van der Waals surface area contributed by atoms with Crippen molar-refractivity contribution in [1.82, 2.24) is 4.31 Å². The highest BCUT2D eigenvalue weighted by atomic mass is 32.2. The van der Waals surface area contributed by atoms with Gasteiger partial charge in [-0.05, 0) is 43.2 Å². The molecule has 36 heavy (non-hydrogen) atoms. The monoisotopic (exact) mass is 519 g/mol. The number of benzene rings is 2. The number of methoxy groups -OCH3 is 1. The number of rotatable bonds is 7. The van der Waals surface area contributed by atoms with Gasteiger partial charge >= 0.3 is 11.9 Å². The first-order chi connectivity index (χ1) is 17.0. The minimum absolute atomic E-state index is 0.164. The standard InChI is InChI=1S/C13H19NO3.C12H14N2O4S/c1-4-9(2)8-17-13(15)10-5-6-12(16-3)11(14)7-10;1-3-18-12(15)8-11-13-9-6-4-5-7-10(9)19(16,17)14(11)2/h5-7,9H,4,8,14H2,1-3H3;4-8,13H,3H2,1-2H3/b;11-8-. The molecule has 1 unspecified atom stereocenters. The van der Waals surface area contributed by atoms with Gasteiger partial charge in [-0.3, -0.25) is 4.31 Å². The van der Waals surface area contributed by atoms with Crippen molar-refractivity contribution >= 4 is 33.3 Å². The zero-order valence-electron chi connectivity index (χ0n) is 21.1. The first kappa shape index (κ1) is 28.5. The number of carbonyl (C=O) groups is 2. The Balaban J connectivity index is 0.000000255. The predicted octanol–water partition coefficient (Wildman–Crippen LogP) is 3.62. The summed E-state index contributed by atoms with van der Waals surface area (Å²) in [5.41, 5.74) is 7.05. The molecule has 3 rings (SSSR count). The first-order valence-corrected chi connectivity index (χ1v) is 12.8. The van der Waals surface area contributed by atoms with Crippen LogP contribution in [0.2, 0.25) is 0 Å². The van der Waals surface area contributed by atoms with E-state index in [1.807, 2.05) is 6.92 Å². The number of nitrogens with zero attached hydrogens (tertiary/aromatic N) is 1. The number of carbonyl (C=O) groups excluding carboxylic acids is 2. The molecule has 2 aromatic rings. The number of esters is 2. The normalized spacial score (nSPS) is 15.5. The molecule has 10 nitrogen and oxygen atoms in total. The Morgan fingerprint density at radius 1 is 1.14 bits per heavy atom. The summed E-state index contributed by atoms with van der Waals surface area (Å²) in [6, 6.07) is 11.4. The van der Waals surface area contributed by atoms with E-state index in [9.17, 15) is 18.0 Å². The quantitative estimate of drug-likeness (QED) is 0.319. The van der Waals surface area contributed by atoms with Crippen molar-refractivity contribution in [2.24, 2.45) is 5.92 Å². The van der Waals surface area contributed by atoms with E-state index in [1.54, 1.807) is 43.3 Å². The van der Waals surface area contributed by atoms with Gasteiger partial charge < -0.3 is 25.3 Å². The molecular weight excluding hydrogens is 486 g/mol. The number of fused-ring (bicyclic) bond motifs is 1. The van der Waals surface area contributed by atoms with Crippen LogP contribution in [-0.4, -0.2) is 52.0 Å². The zero-order valence-corrected chi connectivity index (χ0v) is 21.9. The molecule has 0 bridgehead atoms. The fourth-order valence-electron chi connectivity index (χ4n) is 2.99. The van der Waals surface area contributed by atoms with Gasteiger partial charge in [-0.1, -0.05) is 32.4 Å². The van der Waals surface area contributed by atoms with Crippen molar-refractivity contribution in [2.45, 2.75) is 32.1 Å². The fourth-order valence-corrected chi connectivity index (χ4v) is 4.29. The van der Waals surface area contributed by atoms with Gasteiger partial charge in [-0.2, -0.15) is 0 Å². The third-order valence-corrected chi connectivity index (χ3v) is 7.16. The number of hydrogen-bond acceptors (Lipinski definition) is 9. The van der Waals surface area contributed by atoms with E-state index in [0.29, 0.717) is 35.2 Å². The lowest BCUT2D eigenvalue weighted by atomic mass is 10.1. The van der Waals surface area contributed by atoms with Crippen LogP contribution in [0.1, 0.15) is 37.6 Å². The third kappa shape index (κ3) is 7.14. The molecular formula is C25H33N3O7S. The second-order valence-electron chi connectivity index (χ2n) is 7.94. The van der Waals surface area contributed by atoms with Gasteiger partial charge in [0.15, 0.2) is 0 Å². The third-order valence-electron chi connectivity index (χ3n) is 5.33. The molecule has 0 amide bonds. The Morgan fingerprint density at radius 2 is 1.83 bits per heavy atom. The van der Waals surface area contributed by atoms with Crippen molar-refractivity contribution in [3.05, 3.63) is 59.9 Å². The van der Waals surface area contributed by atoms with Crippen molar-refractivity contribution < 1.29 is 32.2 Å². The number of nitrogens with one attached hydrogen (secondary N) is 1. The molecule has 0 fully saturated rings. The smallest absolute Gasteiger partial charge is 0.338 e. The predicted molar refractivity (Wildman–Crippen MR) is 137 cm³/mol. The lowest BCUT2D eigenvalue weighted by Crippen LogP contribution is -2.35. The average Bonchev–Trinajstić information content (AvgIpc) is 2.86. The highest BCUT2D eigenvalue weighted by Crippen LogP contribution is 2.31. The van der Waals surface area contributed by atoms with Crippen LogP contribution < -0.4 is 15.8 Å². The van der Waals surface area contributed by atoms with Gasteiger partial charge in [-0.15, -0.1) is 0 Å². The van der Waals surface area contributed by atoms with E-state index in [2.05, 4.69) is 12.2 Å². The molecule has 2 aromatic carbocycles. The number of nitrogens with two attached hydrogens (primary N) is 1. The summed E-state index contributed by atoms with van der Waals surface area (Å²) < 4.78 is 40.5. The van der Waals surface area contributed by atoms with Crippen molar-refractivity contribution in [3.8, 4) is 5.75 Å². The molecule has 1 aliphatic heterocycles. The maximum atomic E-state index is 12.2. The van der Waals surface area contributed by atoms with Gasteiger partial charge in [0.2, 0.25) is 0 Å².